The third-order valence-corrected chi connectivity index (χ3v) is 5.35. The van der Waals surface area contributed by atoms with Crippen LogP contribution in [0.25, 0.3) is 27.8 Å². The first-order chi connectivity index (χ1) is 13.2. The molecular weight excluding hydrogens is 340 g/mol. The van der Waals surface area contributed by atoms with E-state index < -0.39 is 0 Å². The maximum absolute atomic E-state index is 6.04. The van der Waals surface area contributed by atoms with Gasteiger partial charge < -0.3 is 16.5 Å². The van der Waals surface area contributed by atoms with Crippen molar-refractivity contribution in [2.75, 3.05) is 18.8 Å². The first-order valence-corrected chi connectivity index (χ1v) is 9.21. The van der Waals surface area contributed by atoms with Gasteiger partial charge in [-0.05, 0) is 49.7 Å². The van der Waals surface area contributed by atoms with Crippen LogP contribution in [0.2, 0.25) is 0 Å². The number of nitrogens with two attached hydrogens (primary N) is 2. The van der Waals surface area contributed by atoms with Gasteiger partial charge in [0.2, 0.25) is 0 Å². The van der Waals surface area contributed by atoms with Crippen LogP contribution in [-0.4, -0.2) is 48.8 Å². The summed E-state index contributed by atoms with van der Waals surface area (Å²) in [7, 11) is 0. The first kappa shape index (κ1) is 16.2. The molecule has 27 heavy (non-hydrogen) atoms. The molecule has 3 aromatic heterocycles. The Morgan fingerprint density at radius 3 is 2.89 bits per heavy atom. The molecule has 4 aromatic rings. The van der Waals surface area contributed by atoms with E-state index in [-0.39, 0.29) is 0 Å². The molecule has 1 fully saturated rings. The standard InChI is InChI=1S/C19H22N8/c20-14-3-5-26(6-4-14)10-13-8-22-18-17(13)19(24-11-23-18)27-16-2-1-15(21)7-12(16)9-25-27/h1-2,7-9,11,14H,3-6,10,20-21H2,(H,22,23,24). The normalized spacial score (nSPS) is 16.5. The Labute approximate surface area is 156 Å². The third-order valence-electron chi connectivity index (χ3n) is 5.35. The number of aromatic nitrogens is 5. The molecule has 0 spiro atoms. The van der Waals surface area contributed by atoms with Crippen molar-refractivity contribution in [3.63, 3.8) is 0 Å². The van der Waals surface area contributed by atoms with Gasteiger partial charge in [0, 0.05) is 29.9 Å². The lowest BCUT2D eigenvalue weighted by Crippen LogP contribution is -2.39. The van der Waals surface area contributed by atoms with E-state index >= 15 is 0 Å². The molecule has 1 aromatic carbocycles. The topological polar surface area (TPSA) is 115 Å². The predicted octanol–water partition coefficient (Wildman–Crippen LogP) is 1.80. The molecule has 1 saturated heterocycles. The van der Waals surface area contributed by atoms with Crippen LogP contribution >= 0.6 is 0 Å². The van der Waals surface area contributed by atoms with Crippen LogP contribution in [0.1, 0.15) is 18.4 Å². The Balaban J connectivity index is 1.59. The smallest absolute Gasteiger partial charge is 0.167 e. The van der Waals surface area contributed by atoms with Gasteiger partial charge >= 0.3 is 0 Å². The van der Waals surface area contributed by atoms with Gasteiger partial charge in [0.1, 0.15) is 12.0 Å². The number of anilines is 1. The lowest BCUT2D eigenvalue weighted by Gasteiger charge is -2.29. The number of likely N-dealkylation sites (tertiary alicyclic amines) is 1. The highest BCUT2D eigenvalue weighted by molar-refractivity contribution is 5.90. The van der Waals surface area contributed by atoms with Crippen molar-refractivity contribution in [3.8, 4) is 5.82 Å². The molecule has 0 bridgehead atoms. The number of rotatable bonds is 3. The van der Waals surface area contributed by atoms with E-state index in [0.29, 0.717) is 6.04 Å². The number of nitrogen functional groups attached to an aromatic ring is 1. The molecular formula is C19H22N8. The highest BCUT2D eigenvalue weighted by Gasteiger charge is 2.20. The average molecular weight is 362 g/mol. The zero-order valence-corrected chi connectivity index (χ0v) is 15.0. The number of nitrogens with one attached hydrogen (secondary N) is 1. The van der Waals surface area contributed by atoms with Crippen molar-refractivity contribution < 1.29 is 0 Å². The number of hydrogen-bond acceptors (Lipinski definition) is 6. The van der Waals surface area contributed by atoms with Crippen LogP contribution in [0, 0.1) is 0 Å². The van der Waals surface area contributed by atoms with Crippen LogP contribution in [0.4, 0.5) is 5.69 Å². The van der Waals surface area contributed by atoms with E-state index in [2.05, 4.69) is 25.0 Å². The number of H-pyrrole nitrogens is 1. The van der Waals surface area contributed by atoms with Gasteiger partial charge in [-0.2, -0.15) is 5.10 Å². The van der Waals surface area contributed by atoms with E-state index in [0.717, 1.165) is 65.9 Å². The van der Waals surface area contributed by atoms with Crippen LogP contribution in [-0.2, 0) is 6.54 Å². The summed E-state index contributed by atoms with van der Waals surface area (Å²) in [6.07, 6.45) is 7.50. The number of hydrogen-bond donors (Lipinski definition) is 3. The molecule has 8 heteroatoms. The lowest BCUT2D eigenvalue weighted by atomic mass is 10.1. The maximum atomic E-state index is 6.04. The molecule has 0 aliphatic carbocycles. The Morgan fingerprint density at radius 1 is 1.19 bits per heavy atom. The Bertz CT molecular complexity index is 1100. The zero-order chi connectivity index (χ0) is 18.4. The highest BCUT2D eigenvalue weighted by atomic mass is 15.3. The summed E-state index contributed by atoms with van der Waals surface area (Å²) in [5, 5.41) is 6.56. The molecule has 5 rings (SSSR count). The molecule has 138 valence electrons. The molecule has 0 saturated carbocycles. The molecule has 4 heterocycles. The summed E-state index contributed by atoms with van der Waals surface area (Å²) in [5.41, 5.74) is 15.6. The average Bonchev–Trinajstić information content (AvgIpc) is 3.27. The molecule has 0 atom stereocenters. The summed E-state index contributed by atoms with van der Waals surface area (Å²) >= 11 is 0. The number of benzene rings is 1. The highest BCUT2D eigenvalue weighted by Crippen LogP contribution is 2.27. The number of nitrogens with zero attached hydrogens (tertiary/aromatic N) is 5. The minimum atomic E-state index is 0.325. The van der Waals surface area contributed by atoms with E-state index in [1.165, 1.54) is 5.56 Å². The summed E-state index contributed by atoms with van der Waals surface area (Å²) in [6.45, 7) is 2.88. The van der Waals surface area contributed by atoms with Crippen LogP contribution < -0.4 is 11.5 Å². The van der Waals surface area contributed by atoms with E-state index in [1.807, 2.05) is 35.3 Å². The van der Waals surface area contributed by atoms with Gasteiger partial charge in [-0.25, -0.2) is 14.6 Å². The summed E-state index contributed by atoms with van der Waals surface area (Å²) in [4.78, 5) is 14.7. The van der Waals surface area contributed by atoms with E-state index in [4.69, 9.17) is 11.5 Å². The lowest BCUT2D eigenvalue weighted by molar-refractivity contribution is 0.206. The molecule has 0 amide bonds. The van der Waals surface area contributed by atoms with Gasteiger partial charge in [-0.1, -0.05) is 0 Å². The van der Waals surface area contributed by atoms with Crippen molar-refractivity contribution in [2.24, 2.45) is 5.73 Å². The summed E-state index contributed by atoms with van der Waals surface area (Å²) < 4.78 is 1.86. The van der Waals surface area contributed by atoms with Crippen LogP contribution in [0.3, 0.4) is 0 Å². The number of aromatic amines is 1. The molecule has 8 nitrogen and oxygen atoms in total. The van der Waals surface area contributed by atoms with Gasteiger partial charge in [0.15, 0.2) is 5.82 Å². The second-order valence-corrected chi connectivity index (χ2v) is 7.22. The second kappa shape index (κ2) is 6.33. The van der Waals surface area contributed by atoms with Crippen molar-refractivity contribution in [2.45, 2.75) is 25.4 Å². The molecule has 1 aliphatic rings. The molecule has 0 unspecified atom stereocenters. The molecule has 0 radical (unpaired) electrons. The minimum absolute atomic E-state index is 0.325. The van der Waals surface area contributed by atoms with E-state index in [9.17, 15) is 0 Å². The zero-order valence-electron chi connectivity index (χ0n) is 15.0. The van der Waals surface area contributed by atoms with Gasteiger partial charge in [0.05, 0.1) is 17.1 Å². The fraction of sp³-hybridized carbons (Fsp3) is 0.316. The quantitative estimate of drug-likeness (QED) is 0.479. The fourth-order valence-electron chi connectivity index (χ4n) is 3.87. The van der Waals surface area contributed by atoms with Crippen molar-refractivity contribution in [3.05, 3.63) is 42.5 Å². The Kier molecular flexibility index (Phi) is 3.80. The number of piperidine rings is 1. The SMILES string of the molecule is Nc1ccc2c(cnn2-c2ncnc3[nH]cc(CN4CCC(N)CC4)c23)c1. The first-order valence-electron chi connectivity index (χ1n) is 9.21. The monoisotopic (exact) mass is 362 g/mol. The predicted molar refractivity (Wildman–Crippen MR) is 105 cm³/mol. The van der Waals surface area contributed by atoms with Crippen molar-refractivity contribution in [1.82, 2.24) is 29.6 Å². The summed E-state index contributed by atoms with van der Waals surface area (Å²) in [5.74, 6) is 0.782. The van der Waals surface area contributed by atoms with E-state index in [1.54, 1.807) is 6.33 Å². The van der Waals surface area contributed by atoms with Gasteiger partial charge in [-0.15, -0.1) is 0 Å². The van der Waals surface area contributed by atoms with Crippen LogP contribution in [0.5, 0.6) is 0 Å². The Hall–Kier alpha value is -2.97. The maximum Gasteiger partial charge on any atom is 0.167 e. The minimum Gasteiger partial charge on any atom is -0.399 e. The van der Waals surface area contributed by atoms with Gasteiger partial charge in [-0.3, -0.25) is 4.90 Å². The fourth-order valence-corrected chi connectivity index (χ4v) is 3.87. The number of fused-ring (bicyclic) bond motifs is 2. The second-order valence-electron chi connectivity index (χ2n) is 7.22. The van der Waals surface area contributed by atoms with Crippen molar-refractivity contribution in [1.29, 1.82) is 0 Å². The van der Waals surface area contributed by atoms with Gasteiger partial charge in [0.25, 0.3) is 0 Å². The Morgan fingerprint density at radius 2 is 2.04 bits per heavy atom. The largest absolute Gasteiger partial charge is 0.399 e. The van der Waals surface area contributed by atoms with Crippen molar-refractivity contribution >= 4 is 27.6 Å². The molecule has 5 N–H and O–H groups in total. The summed E-state index contributed by atoms with van der Waals surface area (Å²) in [6, 6.07) is 6.11. The molecule has 1 aliphatic heterocycles. The van der Waals surface area contributed by atoms with Crippen LogP contribution in [0.15, 0.2) is 36.9 Å². The third kappa shape index (κ3) is 2.83.